The normalized spacial score (nSPS) is 11.8. The Labute approximate surface area is 139 Å². The Balaban J connectivity index is 1.85. The van der Waals surface area contributed by atoms with E-state index in [9.17, 15) is 8.42 Å². The van der Waals surface area contributed by atoms with Crippen LogP contribution in [-0.2, 0) is 28.9 Å². The predicted octanol–water partition coefficient (Wildman–Crippen LogP) is 2.80. The van der Waals surface area contributed by atoms with E-state index >= 15 is 0 Å². The van der Waals surface area contributed by atoms with E-state index in [0.717, 1.165) is 24.2 Å². The van der Waals surface area contributed by atoms with E-state index in [-0.39, 0.29) is 11.8 Å². The topological polar surface area (TPSA) is 58.2 Å². The number of sulfonamides is 1. The summed E-state index contributed by atoms with van der Waals surface area (Å²) in [5.41, 5.74) is 3.18. The Kier molecular flexibility index (Phi) is 6.33. The number of benzene rings is 2. The molecule has 0 heterocycles. The number of hydrogen-bond donors (Lipinski definition) is 2. The minimum absolute atomic E-state index is 0.0168. The first-order chi connectivity index (χ1) is 10.9. The van der Waals surface area contributed by atoms with Gasteiger partial charge in [-0.1, -0.05) is 54.6 Å². The summed E-state index contributed by atoms with van der Waals surface area (Å²) in [4.78, 5) is 0. The van der Waals surface area contributed by atoms with Crippen molar-refractivity contribution in [1.82, 2.24) is 10.0 Å². The van der Waals surface area contributed by atoms with Gasteiger partial charge < -0.3 is 5.32 Å². The van der Waals surface area contributed by atoms with Gasteiger partial charge >= 0.3 is 0 Å². The summed E-state index contributed by atoms with van der Waals surface area (Å²) >= 11 is 0. The van der Waals surface area contributed by atoms with Crippen molar-refractivity contribution in [3.63, 3.8) is 0 Å². The third kappa shape index (κ3) is 6.52. The summed E-state index contributed by atoms with van der Waals surface area (Å²) in [6.45, 7) is 5.21. The monoisotopic (exact) mass is 332 g/mol. The molecule has 0 radical (unpaired) electrons. The third-order valence-corrected chi connectivity index (χ3v) is 4.84. The predicted molar refractivity (Wildman–Crippen MR) is 94.3 cm³/mol. The zero-order valence-electron chi connectivity index (χ0n) is 13.6. The SMILES string of the molecule is CC(C)NS(=O)(=O)Cc1ccc(CNCc2ccccc2)cc1. The first-order valence-electron chi connectivity index (χ1n) is 7.77. The quantitative estimate of drug-likeness (QED) is 0.781. The molecule has 0 spiro atoms. The lowest BCUT2D eigenvalue weighted by Gasteiger charge is -2.10. The Bertz CT molecular complexity index is 696. The van der Waals surface area contributed by atoms with E-state index in [1.54, 1.807) is 0 Å². The smallest absolute Gasteiger partial charge is 0.216 e. The molecule has 2 rings (SSSR count). The molecule has 124 valence electrons. The minimum atomic E-state index is -3.27. The Hall–Kier alpha value is -1.69. The molecule has 0 aliphatic heterocycles. The molecule has 23 heavy (non-hydrogen) atoms. The van der Waals surface area contributed by atoms with Gasteiger partial charge in [0.05, 0.1) is 5.75 Å². The van der Waals surface area contributed by atoms with Gasteiger partial charge in [-0.2, -0.15) is 0 Å². The maximum absolute atomic E-state index is 11.9. The second-order valence-electron chi connectivity index (χ2n) is 5.94. The molecule has 4 nitrogen and oxygen atoms in total. The van der Waals surface area contributed by atoms with Gasteiger partial charge in [-0.15, -0.1) is 0 Å². The van der Waals surface area contributed by atoms with Crippen molar-refractivity contribution >= 4 is 10.0 Å². The molecule has 0 amide bonds. The van der Waals surface area contributed by atoms with Crippen LogP contribution < -0.4 is 10.0 Å². The van der Waals surface area contributed by atoms with Crippen molar-refractivity contribution in [2.45, 2.75) is 38.7 Å². The van der Waals surface area contributed by atoms with Crippen LogP contribution in [0.15, 0.2) is 54.6 Å². The van der Waals surface area contributed by atoms with Crippen LogP contribution in [0.3, 0.4) is 0 Å². The molecule has 0 saturated heterocycles. The molecule has 0 aliphatic carbocycles. The first-order valence-corrected chi connectivity index (χ1v) is 9.42. The van der Waals surface area contributed by atoms with Gasteiger partial charge in [0, 0.05) is 19.1 Å². The molecule has 0 atom stereocenters. The van der Waals surface area contributed by atoms with Crippen LogP contribution in [0.5, 0.6) is 0 Å². The lowest BCUT2D eigenvalue weighted by molar-refractivity contribution is 0.569. The number of hydrogen-bond acceptors (Lipinski definition) is 3. The maximum Gasteiger partial charge on any atom is 0.216 e. The molecule has 2 N–H and O–H groups in total. The van der Waals surface area contributed by atoms with Gasteiger partial charge in [0.2, 0.25) is 10.0 Å². The van der Waals surface area contributed by atoms with Gasteiger partial charge in [0.15, 0.2) is 0 Å². The fourth-order valence-corrected chi connectivity index (χ4v) is 3.75. The first kappa shape index (κ1) is 17.7. The molecule has 0 saturated carbocycles. The Morgan fingerprint density at radius 3 is 1.91 bits per heavy atom. The summed E-state index contributed by atoms with van der Waals surface area (Å²) in [6, 6.07) is 17.8. The van der Waals surface area contributed by atoms with E-state index in [1.165, 1.54) is 5.56 Å². The van der Waals surface area contributed by atoms with Crippen molar-refractivity contribution < 1.29 is 8.42 Å². The van der Waals surface area contributed by atoms with Crippen LogP contribution in [-0.4, -0.2) is 14.5 Å². The van der Waals surface area contributed by atoms with Crippen molar-refractivity contribution in [3.05, 3.63) is 71.3 Å². The van der Waals surface area contributed by atoms with Gasteiger partial charge in [-0.05, 0) is 30.5 Å². The lowest BCUT2D eigenvalue weighted by atomic mass is 10.1. The second-order valence-corrected chi connectivity index (χ2v) is 7.69. The fraction of sp³-hybridized carbons (Fsp3) is 0.333. The summed E-state index contributed by atoms with van der Waals surface area (Å²) in [7, 11) is -3.27. The second kappa shape index (κ2) is 8.24. The van der Waals surface area contributed by atoms with Crippen LogP contribution in [0.25, 0.3) is 0 Å². The molecule has 0 unspecified atom stereocenters. The van der Waals surface area contributed by atoms with Crippen molar-refractivity contribution in [3.8, 4) is 0 Å². The zero-order valence-corrected chi connectivity index (χ0v) is 14.4. The van der Waals surface area contributed by atoms with Crippen LogP contribution in [0.4, 0.5) is 0 Å². The van der Waals surface area contributed by atoms with Crippen molar-refractivity contribution in [1.29, 1.82) is 0 Å². The average Bonchev–Trinajstić information content (AvgIpc) is 2.48. The molecule has 0 bridgehead atoms. The number of nitrogens with one attached hydrogen (secondary N) is 2. The van der Waals surface area contributed by atoms with E-state index in [4.69, 9.17) is 0 Å². The van der Waals surface area contributed by atoms with Crippen molar-refractivity contribution in [2.24, 2.45) is 0 Å². The van der Waals surface area contributed by atoms with Gasteiger partial charge in [0.1, 0.15) is 0 Å². The van der Waals surface area contributed by atoms with Crippen molar-refractivity contribution in [2.75, 3.05) is 0 Å². The van der Waals surface area contributed by atoms with E-state index in [1.807, 2.05) is 56.3 Å². The van der Waals surface area contributed by atoms with Gasteiger partial charge in [-0.3, -0.25) is 0 Å². The molecule has 2 aromatic carbocycles. The molecule has 0 aliphatic rings. The molecule has 2 aromatic rings. The molecule has 0 aromatic heterocycles. The Morgan fingerprint density at radius 2 is 1.35 bits per heavy atom. The summed E-state index contributed by atoms with van der Waals surface area (Å²) < 4.78 is 26.4. The maximum atomic E-state index is 11.9. The van der Waals surface area contributed by atoms with E-state index < -0.39 is 10.0 Å². The highest BCUT2D eigenvalue weighted by molar-refractivity contribution is 7.88. The summed E-state index contributed by atoms with van der Waals surface area (Å²) in [5, 5.41) is 3.38. The number of rotatable bonds is 8. The Morgan fingerprint density at radius 1 is 0.826 bits per heavy atom. The highest BCUT2D eigenvalue weighted by Gasteiger charge is 2.12. The average molecular weight is 332 g/mol. The summed E-state index contributed by atoms with van der Waals surface area (Å²) in [6.07, 6.45) is 0. The van der Waals surface area contributed by atoms with E-state index in [0.29, 0.717) is 0 Å². The highest BCUT2D eigenvalue weighted by Crippen LogP contribution is 2.09. The summed E-state index contributed by atoms with van der Waals surface area (Å²) in [5.74, 6) is 0.0168. The molecular formula is C18H24N2O2S. The van der Waals surface area contributed by atoms with Gasteiger partial charge in [-0.25, -0.2) is 13.1 Å². The minimum Gasteiger partial charge on any atom is -0.309 e. The standard InChI is InChI=1S/C18H24N2O2S/c1-15(2)20-23(21,22)14-18-10-8-17(9-11-18)13-19-12-16-6-4-3-5-7-16/h3-11,15,19-20H,12-14H2,1-2H3. The van der Waals surface area contributed by atoms with Crippen LogP contribution in [0.2, 0.25) is 0 Å². The van der Waals surface area contributed by atoms with Crippen LogP contribution in [0.1, 0.15) is 30.5 Å². The molecule has 5 heteroatoms. The van der Waals surface area contributed by atoms with Gasteiger partial charge in [0.25, 0.3) is 0 Å². The van der Waals surface area contributed by atoms with E-state index in [2.05, 4.69) is 22.2 Å². The fourth-order valence-electron chi connectivity index (χ4n) is 2.32. The largest absolute Gasteiger partial charge is 0.309 e. The third-order valence-electron chi connectivity index (χ3n) is 3.30. The van der Waals surface area contributed by atoms with Crippen LogP contribution in [0, 0.1) is 0 Å². The molecular weight excluding hydrogens is 308 g/mol. The highest BCUT2D eigenvalue weighted by atomic mass is 32.2. The van der Waals surface area contributed by atoms with Crippen LogP contribution >= 0.6 is 0 Å². The zero-order chi connectivity index (χ0) is 16.7. The molecule has 0 fully saturated rings. The lowest BCUT2D eigenvalue weighted by Crippen LogP contribution is -2.31.